The van der Waals surface area contributed by atoms with Crippen LogP contribution in [0.15, 0.2) is 78.9 Å². The Balaban J connectivity index is 0.000000192. The first-order valence-electron chi connectivity index (χ1n) is 10.0. The summed E-state index contributed by atoms with van der Waals surface area (Å²) in [5, 5.41) is 6.79. The molecule has 0 fully saturated rings. The van der Waals surface area contributed by atoms with Crippen LogP contribution >= 0.6 is 0 Å². The molecule has 3 aromatic carbocycles. The van der Waals surface area contributed by atoms with Crippen LogP contribution in [0, 0.1) is 5.82 Å². The summed E-state index contributed by atoms with van der Waals surface area (Å²) in [6.45, 7) is 5.05. The van der Waals surface area contributed by atoms with Crippen LogP contribution in [0.4, 0.5) is 4.39 Å². The molecule has 3 heteroatoms. The Hall–Kier alpha value is -2.49. The van der Waals surface area contributed by atoms with Gasteiger partial charge in [0.2, 0.25) is 0 Å². The third-order valence-electron chi connectivity index (χ3n) is 4.96. The van der Waals surface area contributed by atoms with Crippen LogP contribution in [-0.2, 0) is 25.9 Å². The van der Waals surface area contributed by atoms with Crippen LogP contribution in [0.2, 0.25) is 0 Å². The van der Waals surface area contributed by atoms with E-state index >= 15 is 0 Å². The number of hydrogen-bond donors (Lipinski definition) is 2. The second kappa shape index (κ2) is 10.7. The lowest BCUT2D eigenvalue weighted by atomic mass is 9.92. The average Bonchev–Trinajstić information content (AvgIpc) is 2.73. The molecule has 2 N–H and O–H groups in total. The highest BCUT2D eigenvalue weighted by atomic mass is 19.1. The maximum Gasteiger partial charge on any atom is 0.123 e. The number of fused-ring (bicyclic) bond motifs is 1. The Morgan fingerprint density at radius 3 is 2.36 bits per heavy atom. The molecule has 1 unspecified atom stereocenters. The molecule has 1 heterocycles. The number of benzene rings is 3. The van der Waals surface area contributed by atoms with Crippen LogP contribution in [-0.4, -0.2) is 12.6 Å². The van der Waals surface area contributed by atoms with Gasteiger partial charge in [-0.1, -0.05) is 73.7 Å². The van der Waals surface area contributed by atoms with Crippen molar-refractivity contribution in [3.63, 3.8) is 0 Å². The minimum Gasteiger partial charge on any atom is -0.313 e. The molecule has 0 amide bonds. The van der Waals surface area contributed by atoms with Gasteiger partial charge in [-0.25, -0.2) is 4.39 Å². The summed E-state index contributed by atoms with van der Waals surface area (Å²) in [4.78, 5) is 0. The van der Waals surface area contributed by atoms with Crippen molar-refractivity contribution in [2.24, 2.45) is 0 Å². The van der Waals surface area contributed by atoms with Gasteiger partial charge in [-0.3, -0.25) is 0 Å². The van der Waals surface area contributed by atoms with Crippen LogP contribution < -0.4 is 10.6 Å². The Labute approximate surface area is 167 Å². The van der Waals surface area contributed by atoms with Gasteiger partial charge in [-0.05, 0) is 53.8 Å². The normalized spacial score (nSPS) is 15.3. The topological polar surface area (TPSA) is 24.1 Å². The van der Waals surface area contributed by atoms with Gasteiger partial charge < -0.3 is 10.6 Å². The van der Waals surface area contributed by atoms with Crippen molar-refractivity contribution in [2.75, 3.05) is 6.54 Å². The molecule has 146 valence electrons. The van der Waals surface area contributed by atoms with Crippen LogP contribution in [0.1, 0.15) is 29.2 Å². The molecule has 1 aliphatic heterocycles. The number of hydrogen-bond acceptors (Lipinski definition) is 2. The second-order valence-corrected chi connectivity index (χ2v) is 7.15. The highest BCUT2D eigenvalue weighted by Gasteiger charge is 2.17. The Morgan fingerprint density at radius 1 is 0.893 bits per heavy atom. The maximum absolute atomic E-state index is 13.1. The Morgan fingerprint density at radius 2 is 1.61 bits per heavy atom. The smallest absolute Gasteiger partial charge is 0.123 e. The fourth-order valence-corrected chi connectivity index (χ4v) is 3.48. The highest BCUT2D eigenvalue weighted by Crippen LogP contribution is 2.18. The first-order valence-corrected chi connectivity index (χ1v) is 10.0. The van der Waals surface area contributed by atoms with E-state index in [1.54, 1.807) is 12.1 Å². The van der Waals surface area contributed by atoms with Crippen molar-refractivity contribution >= 4 is 0 Å². The van der Waals surface area contributed by atoms with Crippen molar-refractivity contribution in [1.82, 2.24) is 10.6 Å². The van der Waals surface area contributed by atoms with Gasteiger partial charge in [-0.2, -0.15) is 0 Å². The van der Waals surface area contributed by atoms with Gasteiger partial charge in [0, 0.05) is 19.1 Å². The standard InChI is InChI=1S/C16H16FN.C9H13N/c17-15-7-3-4-12(8-15)9-16-10-13-5-1-2-6-14(13)11-18-16;1-2-10-8-9-6-4-3-5-7-9/h1-8,16,18H,9-11H2;3-7,10H,2,8H2,1H3. The van der Waals surface area contributed by atoms with Gasteiger partial charge in [0.1, 0.15) is 5.82 Å². The summed E-state index contributed by atoms with van der Waals surface area (Å²) in [5.41, 5.74) is 5.21. The predicted molar refractivity (Wildman–Crippen MR) is 115 cm³/mol. The highest BCUT2D eigenvalue weighted by molar-refractivity contribution is 5.30. The van der Waals surface area contributed by atoms with Gasteiger partial charge in [-0.15, -0.1) is 0 Å². The maximum atomic E-state index is 13.1. The second-order valence-electron chi connectivity index (χ2n) is 7.15. The molecule has 0 saturated heterocycles. The van der Waals surface area contributed by atoms with Crippen molar-refractivity contribution in [3.05, 3.63) is 107 Å². The number of rotatable bonds is 5. The Bertz CT molecular complexity index is 848. The van der Waals surface area contributed by atoms with E-state index in [9.17, 15) is 4.39 Å². The van der Waals surface area contributed by atoms with E-state index in [1.165, 1.54) is 22.8 Å². The number of halogens is 1. The molecule has 0 bridgehead atoms. The van der Waals surface area contributed by atoms with Crippen molar-refractivity contribution in [3.8, 4) is 0 Å². The van der Waals surface area contributed by atoms with E-state index in [-0.39, 0.29) is 5.82 Å². The summed E-state index contributed by atoms with van der Waals surface area (Å²) >= 11 is 0. The molecule has 2 nitrogen and oxygen atoms in total. The molecule has 0 radical (unpaired) electrons. The molecular weight excluding hydrogens is 347 g/mol. The first kappa shape index (κ1) is 20.2. The van der Waals surface area contributed by atoms with Crippen molar-refractivity contribution in [2.45, 2.75) is 38.9 Å². The largest absolute Gasteiger partial charge is 0.313 e. The Kier molecular flexibility index (Phi) is 7.77. The van der Waals surface area contributed by atoms with E-state index in [1.807, 2.05) is 12.1 Å². The van der Waals surface area contributed by atoms with Crippen LogP contribution in [0.5, 0.6) is 0 Å². The van der Waals surface area contributed by atoms with Gasteiger partial charge >= 0.3 is 0 Å². The van der Waals surface area contributed by atoms with E-state index in [2.05, 4.69) is 66.1 Å². The van der Waals surface area contributed by atoms with Gasteiger partial charge in [0.05, 0.1) is 0 Å². The van der Waals surface area contributed by atoms with Crippen LogP contribution in [0.3, 0.4) is 0 Å². The molecule has 0 saturated carbocycles. The van der Waals surface area contributed by atoms with E-state index in [4.69, 9.17) is 0 Å². The number of nitrogens with one attached hydrogen (secondary N) is 2. The molecule has 1 atom stereocenters. The molecule has 3 aromatic rings. The summed E-state index contributed by atoms with van der Waals surface area (Å²) < 4.78 is 13.1. The fourth-order valence-electron chi connectivity index (χ4n) is 3.48. The van der Waals surface area contributed by atoms with Gasteiger partial charge in [0.25, 0.3) is 0 Å². The summed E-state index contributed by atoms with van der Waals surface area (Å²) in [6, 6.07) is 26.2. The van der Waals surface area contributed by atoms with E-state index in [0.29, 0.717) is 6.04 Å². The molecule has 0 aliphatic carbocycles. The minimum atomic E-state index is -0.149. The molecule has 4 rings (SSSR count). The minimum absolute atomic E-state index is 0.149. The molecule has 1 aliphatic rings. The third kappa shape index (κ3) is 6.29. The quantitative estimate of drug-likeness (QED) is 0.663. The summed E-state index contributed by atoms with van der Waals surface area (Å²) in [7, 11) is 0. The fraction of sp³-hybridized carbons (Fsp3) is 0.280. The van der Waals surface area contributed by atoms with E-state index in [0.717, 1.165) is 38.0 Å². The van der Waals surface area contributed by atoms with Crippen molar-refractivity contribution < 1.29 is 4.39 Å². The zero-order valence-corrected chi connectivity index (χ0v) is 16.5. The predicted octanol–water partition coefficient (Wildman–Crippen LogP) is 4.88. The molecule has 0 spiro atoms. The average molecular weight is 377 g/mol. The lowest BCUT2D eigenvalue weighted by molar-refractivity contribution is 0.476. The zero-order chi connectivity index (χ0) is 19.6. The summed E-state index contributed by atoms with van der Waals surface area (Å²) in [5.74, 6) is -0.149. The third-order valence-corrected chi connectivity index (χ3v) is 4.96. The molecular formula is C25H29FN2. The zero-order valence-electron chi connectivity index (χ0n) is 16.5. The lowest BCUT2D eigenvalue weighted by Crippen LogP contribution is -2.37. The summed E-state index contributed by atoms with van der Waals surface area (Å²) in [6.07, 6.45) is 1.90. The first-order chi connectivity index (χ1) is 13.7. The van der Waals surface area contributed by atoms with Crippen LogP contribution in [0.25, 0.3) is 0 Å². The lowest BCUT2D eigenvalue weighted by Gasteiger charge is -2.26. The molecule has 28 heavy (non-hydrogen) atoms. The van der Waals surface area contributed by atoms with Crippen molar-refractivity contribution in [1.29, 1.82) is 0 Å². The molecule has 0 aromatic heterocycles. The SMILES string of the molecule is CCNCc1ccccc1.Fc1cccc(CC2Cc3ccccc3CN2)c1. The van der Waals surface area contributed by atoms with E-state index < -0.39 is 0 Å². The monoisotopic (exact) mass is 376 g/mol. The van der Waals surface area contributed by atoms with Gasteiger partial charge in [0.15, 0.2) is 0 Å².